The van der Waals surface area contributed by atoms with E-state index < -0.39 is 10.0 Å². The third kappa shape index (κ3) is 5.76. The van der Waals surface area contributed by atoms with Gasteiger partial charge in [0.1, 0.15) is 0 Å². The van der Waals surface area contributed by atoms with Crippen LogP contribution >= 0.6 is 0 Å². The van der Waals surface area contributed by atoms with E-state index in [0.29, 0.717) is 19.7 Å². The minimum atomic E-state index is -3.43. The topological polar surface area (TPSA) is 87.7 Å². The predicted octanol–water partition coefficient (Wildman–Crippen LogP) is -1.63. The molecule has 1 fully saturated rings. The average molecular weight is 279 g/mol. The number of hydrogen-bond acceptors (Lipinski definition) is 5. The molecule has 0 atom stereocenters. The molecule has 1 aliphatic heterocycles. The van der Waals surface area contributed by atoms with E-state index in [1.807, 2.05) is 0 Å². The standard InChI is InChI=1S/C10H21N3O4S/c1-2-17-7-8-18(15,16)12-9-10(14)13-5-3-11-4-6-13/h11-12H,2-9H2,1H3. The summed E-state index contributed by atoms with van der Waals surface area (Å²) < 4.78 is 30.3. The van der Waals surface area contributed by atoms with Gasteiger partial charge in [0.25, 0.3) is 0 Å². The Balaban J connectivity index is 2.27. The molecule has 106 valence electrons. The molecule has 0 unspecified atom stereocenters. The summed E-state index contributed by atoms with van der Waals surface area (Å²) in [5.74, 6) is -0.299. The fraction of sp³-hybridized carbons (Fsp3) is 0.900. The number of sulfonamides is 1. The number of nitrogens with zero attached hydrogens (tertiary/aromatic N) is 1. The SMILES string of the molecule is CCOCCS(=O)(=O)NCC(=O)N1CCNCC1. The highest BCUT2D eigenvalue weighted by Gasteiger charge is 2.18. The number of nitrogens with one attached hydrogen (secondary N) is 2. The summed E-state index contributed by atoms with van der Waals surface area (Å²) >= 11 is 0. The van der Waals surface area contributed by atoms with Crippen molar-refractivity contribution in [3.8, 4) is 0 Å². The fourth-order valence-corrected chi connectivity index (χ4v) is 2.41. The molecule has 0 aliphatic carbocycles. The maximum atomic E-state index is 11.7. The summed E-state index contributed by atoms with van der Waals surface area (Å²) in [5.41, 5.74) is 0. The number of ether oxygens (including phenoxy) is 1. The average Bonchev–Trinajstić information content (AvgIpc) is 2.37. The zero-order chi connectivity index (χ0) is 13.4. The van der Waals surface area contributed by atoms with Gasteiger partial charge in [-0.05, 0) is 6.92 Å². The number of rotatable bonds is 7. The maximum absolute atomic E-state index is 11.7. The lowest BCUT2D eigenvalue weighted by Gasteiger charge is -2.27. The van der Waals surface area contributed by atoms with Crippen molar-refractivity contribution in [2.24, 2.45) is 0 Å². The Hall–Kier alpha value is -0.700. The lowest BCUT2D eigenvalue weighted by molar-refractivity contribution is -0.130. The Bertz CT molecular complexity index is 352. The molecule has 8 heteroatoms. The van der Waals surface area contributed by atoms with Crippen molar-refractivity contribution in [1.82, 2.24) is 14.9 Å². The predicted molar refractivity (Wildman–Crippen MR) is 67.7 cm³/mol. The smallest absolute Gasteiger partial charge is 0.237 e. The Kier molecular flexibility index (Phi) is 6.55. The first-order valence-electron chi connectivity index (χ1n) is 6.08. The van der Waals surface area contributed by atoms with E-state index in [1.165, 1.54) is 0 Å². The van der Waals surface area contributed by atoms with E-state index in [9.17, 15) is 13.2 Å². The van der Waals surface area contributed by atoms with E-state index in [0.717, 1.165) is 13.1 Å². The summed E-state index contributed by atoms with van der Waals surface area (Å²) in [7, 11) is -3.43. The molecule has 1 saturated heterocycles. The lowest BCUT2D eigenvalue weighted by Crippen LogP contribution is -2.49. The van der Waals surface area contributed by atoms with Gasteiger partial charge >= 0.3 is 0 Å². The zero-order valence-electron chi connectivity index (χ0n) is 10.6. The second-order valence-electron chi connectivity index (χ2n) is 3.97. The quantitative estimate of drug-likeness (QED) is 0.547. The van der Waals surface area contributed by atoms with E-state index >= 15 is 0 Å². The number of amides is 1. The van der Waals surface area contributed by atoms with Gasteiger partial charge in [-0.25, -0.2) is 13.1 Å². The third-order valence-corrected chi connectivity index (χ3v) is 3.90. The van der Waals surface area contributed by atoms with Crippen molar-refractivity contribution >= 4 is 15.9 Å². The van der Waals surface area contributed by atoms with Crippen LogP contribution in [0.1, 0.15) is 6.92 Å². The van der Waals surface area contributed by atoms with Crippen molar-refractivity contribution < 1.29 is 17.9 Å². The van der Waals surface area contributed by atoms with Gasteiger partial charge in [0.15, 0.2) is 0 Å². The number of piperazine rings is 1. The van der Waals surface area contributed by atoms with Crippen LogP contribution in [0.3, 0.4) is 0 Å². The van der Waals surface area contributed by atoms with Gasteiger partial charge in [0, 0.05) is 32.8 Å². The molecule has 0 bridgehead atoms. The normalized spacial score (nSPS) is 16.8. The van der Waals surface area contributed by atoms with Gasteiger partial charge in [-0.1, -0.05) is 0 Å². The highest BCUT2D eigenvalue weighted by molar-refractivity contribution is 7.89. The number of carbonyl (C=O) groups is 1. The van der Waals surface area contributed by atoms with Gasteiger partial charge in [0.05, 0.1) is 18.9 Å². The molecule has 1 rings (SSSR count). The first-order valence-corrected chi connectivity index (χ1v) is 7.74. The molecule has 7 nitrogen and oxygen atoms in total. The van der Waals surface area contributed by atoms with Crippen LogP contribution in [0, 0.1) is 0 Å². The van der Waals surface area contributed by atoms with Crippen LogP contribution in [0.4, 0.5) is 0 Å². The minimum Gasteiger partial charge on any atom is -0.381 e. The second kappa shape index (κ2) is 7.67. The zero-order valence-corrected chi connectivity index (χ0v) is 11.5. The summed E-state index contributed by atoms with van der Waals surface area (Å²) in [6, 6.07) is 0. The van der Waals surface area contributed by atoms with Crippen molar-refractivity contribution in [3.63, 3.8) is 0 Å². The third-order valence-electron chi connectivity index (χ3n) is 2.61. The van der Waals surface area contributed by atoms with Crippen LogP contribution in [0.2, 0.25) is 0 Å². The summed E-state index contributed by atoms with van der Waals surface area (Å²) in [5, 5.41) is 3.13. The van der Waals surface area contributed by atoms with Crippen LogP contribution in [-0.4, -0.2) is 70.9 Å². The summed E-state index contributed by atoms with van der Waals surface area (Å²) in [4.78, 5) is 13.4. The molecular weight excluding hydrogens is 258 g/mol. The van der Waals surface area contributed by atoms with E-state index in [-0.39, 0.29) is 24.8 Å². The van der Waals surface area contributed by atoms with Gasteiger partial charge in [-0.2, -0.15) is 0 Å². The molecule has 1 heterocycles. The fourth-order valence-electron chi connectivity index (χ4n) is 1.58. The van der Waals surface area contributed by atoms with Crippen LogP contribution < -0.4 is 10.0 Å². The van der Waals surface area contributed by atoms with E-state index in [2.05, 4.69) is 10.0 Å². The number of carbonyl (C=O) groups excluding carboxylic acids is 1. The van der Waals surface area contributed by atoms with Crippen molar-refractivity contribution in [2.75, 3.05) is 51.7 Å². The molecule has 0 radical (unpaired) electrons. The first-order chi connectivity index (χ1) is 8.55. The van der Waals surface area contributed by atoms with Gasteiger partial charge < -0.3 is 15.0 Å². The summed E-state index contributed by atoms with van der Waals surface area (Å²) in [6.45, 7) is 5.01. The highest BCUT2D eigenvalue weighted by atomic mass is 32.2. The van der Waals surface area contributed by atoms with E-state index in [4.69, 9.17) is 4.74 Å². The van der Waals surface area contributed by atoms with Gasteiger partial charge in [0.2, 0.25) is 15.9 Å². The van der Waals surface area contributed by atoms with Crippen molar-refractivity contribution in [3.05, 3.63) is 0 Å². The molecule has 2 N–H and O–H groups in total. The van der Waals surface area contributed by atoms with Crippen LogP contribution in [-0.2, 0) is 19.6 Å². The van der Waals surface area contributed by atoms with Gasteiger partial charge in [-0.15, -0.1) is 0 Å². The Labute approximate surface area is 108 Å². The van der Waals surface area contributed by atoms with Crippen LogP contribution in [0.15, 0.2) is 0 Å². The molecule has 1 aliphatic rings. The summed E-state index contributed by atoms with van der Waals surface area (Å²) in [6.07, 6.45) is 0. The van der Waals surface area contributed by atoms with Crippen LogP contribution in [0.5, 0.6) is 0 Å². The second-order valence-corrected chi connectivity index (χ2v) is 5.89. The largest absolute Gasteiger partial charge is 0.381 e. The Morgan fingerprint density at radius 2 is 2.06 bits per heavy atom. The molecule has 0 spiro atoms. The van der Waals surface area contributed by atoms with Crippen molar-refractivity contribution in [1.29, 1.82) is 0 Å². The minimum absolute atomic E-state index is 0.115. The monoisotopic (exact) mass is 279 g/mol. The molecule has 0 aromatic rings. The van der Waals surface area contributed by atoms with Crippen molar-refractivity contribution in [2.45, 2.75) is 6.92 Å². The molecule has 18 heavy (non-hydrogen) atoms. The Morgan fingerprint density at radius 3 is 2.67 bits per heavy atom. The van der Waals surface area contributed by atoms with Gasteiger partial charge in [-0.3, -0.25) is 4.79 Å². The first kappa shape index (κ1) is 15.4. The number of hydrogen-bond donors (Lipinski definition) is 2. The highest BCUT2D eigenvalue weighted by Crippen LogP contribution is 1.93. The van der Waals surface area contributed by atoms with E-state index in [1.54, 1.807) is 11.8 Å². The Morgan fingerprint density at radius 1 is 1.39 bits per heavy atom. The lowest BCUT2D eigenvalue weighted by atomic mass is 10.3. The maximum Gasteiger partial charge on any atom is 0.237 e. The van der Waals surface area contributed by atoms with Crippen LogP contribution in [0.25, 0.3) is 0 Å². The molecule has 1 amide bonds. The molecular formula is C10H21N3O4S. The molecule has 0 aromatic heterocycles. The molecule has 0 aromatic carbocycles. The molecule has 0 saturated carbocycles.